The number of nitrogens with one attached hydrogen (secondary N) is 1. The van der Waals surface area contributed by atoms with Gasteiger partial charge in [-0.25, -0.2) is 0 Å². The lowest BCUT2D eigenvalue weighted by Crippen LogP contribution is -2.46. The van der Waals surface area contributed by atoms with E-state index >= 15 is 0 Å². The van der Waals surface area contributed by atoms with Gasteiger partial charge < -0.3 is 11.1 Å². The number of carbonyl (C=O) groups is 1. The molecule has 1 amide bonds. The Hall–Kier alpha value is -0.610. The lowest BCUT2D eigenvalue weighted by atomic mass is 9.86. The van der Waals surface area contributed by atoms with E-state index in [0.717, 1.165) is 25.9 Å². The Morgan fingerprint density at radius 3 is 2.68 bits per heavy atom. The molecule has 0 aromatic heterocycles. The number of nitrogens with two attached hydrogens (primary N) is 1. The Morgan fingerprint density at radius 1 is 1.32 bits per heavy atom. The Balaban J connectivity index is 1.77. The first kappa shape index (κ1) is 14.8. The van der Waals surface area contributed by atoms with Gasteiger partial charge in [-0.2, -0.15) is 0 Å². The summed E-state index contributed by atoms with van der Waals surface area (Å²) in [6.07, 6.45) is 6.09. The van der Waals surface area contributed by atoms with Gasteiger partial charge in [0, 0.05) is 18.6 Å². The highest BCUT2D eigenvalue weighted by atomic mass is 16.2. The minimum atomic E-state index is 0.197. The van der Waals surface area contributed by atoms with Gasteiger partial charge in [-0.15, -0.1) is 0 Å². The smallest absolute Gasteiger partial charge is 0.234 e. The van der Waals surface area contributed by atoms with Gasteiger partial charge in [-0.3, -0.25) is 9.69 Å². The fourth-order valence-electron chi connectivity index (χ4n) is 3.58. The average molecular weight is 267 g/mol. The standard InChI is InChI=1S/C15H29N3O/c1-11-5-3-4-6-14(11)17-15(19)10-18-9-13(8-16)7-12(18)2/h11-14H,3-10,16H2,1-2H3,(H,17,19). The van der Waals surface area contributed by atoms with Crippen LogP contribution in [0.1, 0.15) is 46.0 Å². The van der Waals surface area contributed by atoms with Gasteiger partial charge in [0.25, 0.3) is 0 Å². The molecule has 0 bridgehead atoms. The third-order valence-corrected chi connectivity index (χ3v) is 4.93. The number of hydrogen-bond donors (Lipinski definition) is 2. The largest absolute Gasteiger partial charge is 0.352 e. The molecule has 4 atom stereocenters. The summed E-state index contributed by atoms with van der Waals surface area (Å²) in [5.41, 5.74) is 5.73. The topological polar surface area (TPSA) is 58.4 Å². The molecule has 4 unspecified atom stereocenters. The Kier molecular flexibility index (Phi) is 5.22. The number of rotatable bonds is 4. The van der Waals surface area contributed by atoms with E-state index in [1.54, 1.807) is 0 Å². The van der Waals surface area contributed by atoms with Gasteiger partial charge >= 0.3 is 0 Å². The second kappa shape index (κ2) is 6.71. The van der Waals surface area contributed by atoms with E-state index < -0.39 is 0 Å². The molecule has 1 heterocycles. The van der Waals surface area contributed by atoms with Crippen molar-refractivity contribution < 1.29 is 4.79 Å². The molecule has 2 aliphatic rings. The summed E-state index contributed by atoms with van der Waals surface area (Å²) in [5, 5.41) is 3.24. The number of likely N-dealkylation sites (tertiary alicyclic amines) is 1. The molecule has 2 rings (SSSR count). The predicted molar refractivity (Wildman–Crippen MR) is 77.8 cm³/mol. The van der Waals surface area contributed by atoms with E-state index in [-0.39, 0.29) is 5.91 Å². The molecule has 1 saturated heterocycles. The van der Waals surface area contributed by atoms with Gasteiger partial charge in [0.1, 0.15) is 0 Å². The highest BCUT2D eigenvalue weighted by molar-refractivity contribution is 5.78. The van der Waals surface area contributed by atoms with Crippen LogP contribution in [0.5, 0.6) is 0 Å². The molecule has 4 heteroatoms. The molecule has 4 nitrogen and oxygen atoms in total. The van der Waals surface area contributed by atoms with Crippen molar-refractivity contribution >= 4 is 5.91 Å². The van der Waals surface area contributed by atoms with Crippen LogP contribution in [0.2, 0.25) is 0 Å². The van der Waals surface area contributed by atoms with Crippen LogP contribution in [0.15, 0.2) is 0 Å². The SMILES string of the molecule is CC1CCCCC1NC(=O)CN1CC(CN)CC1C. The van der Waals surface area contributed by atoms with Crippen molar-refractivity contribution in [3.8, 4) is 0 Å². The minimum absolute atomic E-state index is 0.197. The van der Waals surface area contributed by atoms with Crippen LogP contribution < -0.4 is 11.1 Å². The summed E-state index contributed by atoms with van der Waals surface area (Å²) < 4.78 is 0. The molecule has 19 heavy (non-hydrogen) atoms. The molecule has 3 N–H and O–H groups in total. The van der Waals surface area contributed by atoms with E-state index in [2.05, 4.69) is 24.1 Å². The summed E-state index contributed by atoms with van der Waals surface area (Å²) >= 11 is 0. The summed E-state index contributed by atoms with van der Waals surface area (Å²) in [7, 11) is 0. The molecular formula is C15H29N3O. The molecule has 110 valence electrons. The maximum absolute atomic E-state index is 12.2. The van der Waals surface area contributed by atoms with Crippen molar-refractivity contribution in [3.05, 3.63) is 0 Å². The molecule has 0 spiro atoms. The van der Waals surface area contributed by atoms with Crippen LogP contribution in [0.4, 0.5) is 0 Å². The molecule has 1 saturated carbocycles. The van der Waals surface area contributed by atoms with Crippen LogP contribution in [-0.2, 0) is 4.79 Å². The first-order chi connectivity index (χ1) is 9.10. The zero-order valence-corrected chi connectivity index (χ0v) is 12.4. The summed E-state index contributed by atoms with van der Waals surface area (Å²) in [5.74, 6) is 1.39. The highest BCUT2D eigenvalue weighted by Crippen LogP contribution is 2.24. The van der Waals surface area contributed by atoms with Crippen molar-refractivity contribution in [1.82, 2.24) is 10.2 Å². The minimum Gasteiger partial charge on any atom is -0.352 e. The number of carbonyl (C=O) groups excluding carboxylic acids is 1. The van der Waals surface area contributed by atoms with Crippen molar-refractivity contribution in [3.63, 3.8) is 0 Å². The first-order valence-corrected chi connectivity index (χ1v) is 7.83. The van der Waals surface area contributed by atoms with E-state index in [9.17, 15) is 4.79 Å². The van der Waals surface area contributed by atoms with E-state index in [4.69, 9.17) is 5.73 Å². The van der Waals surface area contributed by atoms with Crippen LogP contribution in [0.3, 0.4) is 0 Å². The Morgan fingerprint density at radius 2 is 2.05 bits per heavy atom. The van der Waals surface area contributed by atoms with Gasteiger partial charge in [0.2, 0.25) is 5.91 Å². The quantitative estimate of drug-likeness (QED) is 0.808. The van der Waals surface area contributed by atoms with Crippen LogP contribution in [0, 0.1) is 11.8 Å². The Bertz CT molecular complexity index is 308. The molecule has 0 aromatic carbocycles. The summed E-state index contributed by atoms with van der Waals surface area (Å²) in [4.78, 5) is 14.4. The maximum atomic E-state index is 12.2. The van der Waals surface area contributed by atoms with E-state index in [1.807, 2.05) is 0 Å². The fourth-order valence-corrected chi connectivity index (χ4v) is 3.58. The zero-order chi connectivity index (χ0) is 13.8. The van der Waals surface area contributed by atoms with Crippen molar-refractivity contribution in [2.24, 2.45) is 17.6 Å². The van der Waals surface area contributed by atoms with Crippen LogP contribution in [0.25, 0.3) is 0 Å². The fraction of sp³-hybridized carbons (Fsp3) is 0.933. The van der Waals surface area contributed by atoms with Gasteiger partial charge in [0.15, 0.2) is 0 Å². The first-order valence-electron chi connectivity index (χ1n) is 7.83. The highest BCUT2D eigenvalue weighted by Gasteiger charge is 2.30. The molecule has 1 aliphatic carbocycles. The lowest BCUT2D eigenvalue weighted by molar-refractivity contribution is -0.123. The van der Waals surface area contributed by atoms with Gasteiger partial charge in [0.05, 0.1) is 6.54 Å². The number of nitrogens with zero attached hydrogens (tertiary/aromatic N) is 1. The predicted octanol–water partition coefficient (Wildman–Crippen LogP) is 1.35. The molecule has 2 fully saturated rings. The lowest BCUT2D eigenvalue weighted by Gasteiger charge is -2.30. The molecule has 0 radical (unpaired) electrons. The second-order valence-electron chi connectivity index (χ2n) is 6.55. The van der Waals surface area contributed by atoms with E-state index in [0.29, 0.717) is 30.5 Å². The molecule has 1 aliphatic heterocycles. The van der Waals surface area contributed by atoms with Gasteiger partial charge in [-0.05, 0) is 44.6 Å². The maximum Gasteiger partial charge on any atom is 0.234 e. The van der Waals surface area contributed by atoms with Crippen LogP contribution in [-0.4, -0.2) is 42.5 Å². The third kappa shape index (κ3) is 3.93. The molecule has 0 aromatic rings. The number of amides is 1. The van der Waals surface area contributed by atoms with Crippen molar-refractivity contribution in [2.45, 2.75) is 58.0 Å². The van der Waals surface area contributed by atoms with Crippen molar-refractivity contribution in [2.75, 3.05) is 19.6 Å². The van der Waals surface area contributed by atoms with Crippen LogP contribution >= 0.6 is 0 Å². The van der Waals surface area contributed by atoms with E-state index in [1.165, 1.54) is 19.3 Å². The number of hydrogen-bond acceptors (Lipinski definition) is 3. The monoisotopic (exact) mass is 267 g/mol. The van der Waals surface area contributed by atoms with Crippen molar-refractivity contribution in [1.29, 1.82) is 0 Å². The zero-order valence-electron chi connectivity index (χ0n) is 12.4. The summed E-state index contributed by atoms with van der Waals surface area (Å²) in [6.45, 7) is 6.72. The third-order valence-electron chi connectivity index (χ3n) is 4.93. The second-order valence-corrected chi connectivity index (χ2v) is 6.55. The normalized spacial score (nSPS) is 36.4. The Labute approximate surface area is 117 Å². The molecular weight excluding hydrogens is 238 g/mol. The van der Waals surface area contributed by atoms with Gasteiger partial charge in [-0.1, -0.05) is 19.8 Å². The average Bonchev–Trinajstić information content (AvgIpc) is 2.73. The summed E-state index contributed by atoms with van der Waals surface area (Å²) in [6, 6.07) is 0.882.